The third kappa shape index (κ3) is 3.73. The maximum atomic E-state index is 13.3. The maximum Gasteiger partial charge on any atom is 0.257 e. The number of rotatable bonds is 3. The van der Waals surface area contributed by atoms with Gasteiger partial charge in [0, 0.05) is 17.2 Å². The number of nitrogens with zero attached hydrogens (tertiary/aromatic N) is 4. The van der Waals surface area contributed by atoms with Gasteiger partial charge >= 0.3 is 0 Å². The Morgan fingerprint density at radius 1 is 1.06 bits per heavy atom. The van der Waals surface area contributed by atoms with Crippen molar-refractivity contribution >= 4 is 40.4 Å². The van der Waals surface area contributed by atoms with Gasteiger partial charge in [0.2, 0.25) is 0 Å². The third-order valence-electron chi connectivity index (χ3n) is 5.75. The molecule has 0 fully saturated rings. The van der Waals surface area contributed by atoms with Crippen LogP contribution in [0.15, 0.2) is 88.1 Å². The van der Waals surface area contributed by atoms with Crippen LogP contribution in [-0.4, -0.2) is 15.1 Å². The lowest BCUT2D eigenvalue weighted by Gasteiger charge is -2.41. The molecule has 0 saturated carbocycles. The molecule has 1 atom stereocenters. The smallest absolute Gasteiger partial charge is 0.257 e. The highest BCUT2D eigenvalue weighted by Gasteiger charge is 2.42. The first-order chi connectivity index (χ1) is 17.1. The molecule has 1 aromatic heterocycles. The van der Waals surface area contributed by atoms with Crippen LogP contribution in [0.4, 0.5) is 11.5 Å². The number of nitrogens with one attached hydrogen (secondary N) is 3. The zero-order valence-electron chi connectivity index (χ0n) is 18.0. The van der Waals surface area contributed by atoms with Crippen LogP contribution in [0.1, 0.15) is 22.9 Å². The van der Waals surface area contributed by atoms with Gasteiger partial charge in [-0.3, -0.25) is 9.69 Å². The van der Waals surface area contributed by atoms with Gasteiger partial charge in [-0.2, -0.15) is 10.5 Å². The van der Waals surface area contributed by atoms with E-state index in [9.17, 15) is 15.3 Å². The fraction of sp³-hybridized carbons (Fsp3) is 0.0800. The molecule has 3 heterocycles. The Balaban J connectivity index is 1.90. The Kier molecular flexibility index (Phi) is 5.79. The van der Waals surface area contributed by atoms with Crippen LogP contribution < -0.4 is 21.1 Å². The summed E-state index contributed by atoms with van der Waals surface area (Å²) in [6.45, 7) is 0. The molecule has 2 aromatic carbocycles. The number of para-hydroxylation sites is 1. The SMILES string of the molecule is N#CC(C#N)=C1NC(=S)N(c2ccccc2)C2=C1C(c1ccccc1)c1c(nc(CCl)[nH]c1=O)N2. The third-order valence-corrected chi connectivity index (χ3v) is 6.29. The van der Waals surface area contributed by atoms with E-state index in [2.05, 4.69) is 20.6 Å². The van der Waals surface area contributed by atoms with Gasteiger partial charge in [0.15, 0.2) is 10.7 Å². The summed E-state index contributed by atoms with van der Waals surface area (Å²) in [6, 6.07) is 22.7. The number of allylic oxidation sites excluding steroid dienone is 2. The quantitative estimate of drug-likeness (QED) is 0.282. The number of hydrogen-bond donors (Lipinski definition) is 3. The molecule has 0 aliphatic carbocycles. The molecule has 8 nitrogen and oxygen atoms in total. The summed E-state index contributed by atoms with van der Waals surface area (Å²) in [5, 5.41) is 26.1. The Morgan fingerprint density at radius 2 is 1.71 bits per heavy atom. The van der Waals surface area contributed by atoms with Crippen LogP contribution in [0.5, 0.6) is 0 Å². The van der Waals surface area contributed by atoms with Gasteiger partial charge in [0.05, 0.1) is 17.1 Å². The topological polar surface area (TPSA) is 121 Å². The van der Waals surface area contributed by atoms with E-state index in [0.717, 1.165) is 11.3 Å². The summed E-state index contributed by atoms with van der Waals surface area (Å²) >= 11 is 11.7. The number of nitriles is 2. The molecule has 35 heavy (non-hydrogen) atoms. The molecular weight excluding hydrogens is 482 g/mol. The van der Waals surface area contributed by atoms with Gasteiger partial charge in [-0.05, 0) is 29.9 Å². The van der Waals surface area contributed by atoms with Crippen LogP contribution in [0.3, 0.4) is 0 Å². The molecule has 3 aromatic rings. The number of fused-ring (bicyclic) bond motifs is 1. The molecule has 1 unspecified atom stereocenters. The number of H-pyrrole nitrogens is 1. The van der Waals surface area contributed by atoms with E-state index in [1.165, 1.54) is 0 Å². The summed E-state index contributed by atoms with van der Waals surface area (Å²) in [4.78, 5) is 22.4. The number of benzene rings is 2. The highest BCUT2D eigenvalue weighted by molar-refractivity contribution is 7.80. The van der Waals surface area contributed by atoms with Gasteiger partial charge in [-0.15, -0.1) is 11.6 Å². The zero-order valence-corrected chi connectivity index (χ0v) is 19.6. The van der Waals surface area contributed by atoms with E-state index in [-0.39, 0.29) is 27.8 Å². The van der Waals surface area contributed by atoms with Crippen molar-refractivity contribution < 1.29 is 0 Å². The highest BCUT2D eigenvalue weighted by atomic mass is 35.5. The monoisotopic (exact) mass is 497 g/mol. The van der Waals surface area contributed by atoms with E-state index in [0.29, 0.717) is 28.6 Å². The van der Waals surface area contributed by atoms with Crippen LogP contribution in [0, 0.1) is 22.7 Å². The Labute approximate surface area is 210 Å². The first kappa shape index (κ1) is 22.4. The highest BCUT2D eigenvalue weighted by Crippen LogP contribution is 2.45. The zero-order chi connectivity index (χ0) is 24.5. The average molecular weight is 498 g/mol. The van der Waals surface area contributed by atoms with E-state index < -0.39 is 5.92 Å². The Hall–Kier alpha value is -4.44. The van der Waals surface area contributed by atoms with Crippen molar-refractivity contribution in [2.45, 2.75) is 11.8 Å². The second-order valence-electron chi connectivity index (χ2n) is 7.71. The van der Waals surface area contributed by atoms with Crippen molar-refractivity contribution in [3.05, 3.63) is 111 Å². The molecule has 10 heteroatoms. The van der Waals surface area contributed by atoms with Crippen LogP contribution in [-0.2, 0) is 5.88 Å². The molecule has 5 rings (SSSR count). The predicted octanol–water partition coefficient (Wildman–Crippen LogP) is 3.97. The first-order valence-corrected chi connectivity index (χ1v) is 11.5. The maximum absolute atomic E-state index is 13.3. The van der Waals surface area contributed by atoms with E-state index in [4.69, 9.17) is 23.8 Å². The first-order valence-electron chi connectivity index (χ1n) is 10.5. The minimum absolute atomic E-state index is 0.0205. The molecular formula is C25H16ClN7OS. The average Bonchev–Trinajstić information content (AvgIpc) is 2.89. The minimum atomic E-state index is -0.656. The largest absolute Gasteiger partial charge is 0.330 e. The van der Waals surface area contributed by atoms with Crippen molar-refractivity contribution in [1.82, 2.24) is 15.3 Å². The Morgan fingerprint density at radius 3 is 2.34 bits per heavy atom. The molecule has 0 amide bonds. The van der Waals surface area contributed by atoms with E-state index in [1.54, 1.807) is 4.90 Å². The standard InChI is InChI=1S/C25H16ClN7OS/c26-11-17-29-22-20(24(34)30-17)18(14-7-3-1-4-8-14)19-21(15(12-27)13-28)31-25(35)33(23(19)32-22)16-9-5-2-6-10-16/h1-10,18H,11H2,(H,31,35)(H2,29,30,32,34). The number of aromatic nitrogens is 2. The Bertz CT molecular complexity index is 1530. The normalized spacial score (nSPS) is 16.3. The van der Waals surface area contributed by atoms with Crippen molar-refractivity contribution in [2.24, 2.45) is 0 Å². The lowest BCUT2D eigenvalue weighted by Crippen LogP contribution is -2.49. The molecule has 0 saturated heterocycles. The van der Waals surface area contributed by atoms with Crippen molar-refractivity contribution in [2.75, 3.05) is 10.2 Å². The fourth-order valence-corrected chi connectivity index (χ4v) is 4.75. The number of alkyl halides is 1. The predicted molar refractivity (Wildman–Crippen MR) is 136 cm³/mol. The molecule has 2 aliphatic rings. The van der Waals surface area contributed by atoms with Gasteiger partial charge in [-0.25, -0.2) is 4.98 Å². The molecule has 0 spiro atoms. The number of halogens is 1. The summed E-state index contributed by atoms with van der Waals surface area (Å²) in [7, 11) is 0. The second-order valence-corrected chi connectivity index (χ2v) is 8.37. The van der Waals surface area contributed by atoms with E-state index >= 15 is 0 Å². The number of aromatic amines is 1. The molecule has 3 N–H and O–H groups in total. The van der Waals surface area contributed by atoms with Gasteiger partial charge in [-0.1, -0.05) is 48.5 Å². The number of thiocarbonyl (C=S) groups is 1. The van der Waals surface area contributed by atoms with Crippen molar-refractivity contribution in [3.63, 3.8) is 0 Å². The van der Waals surface area contributed by atoms with Crippen molar-refractivity contribution in [3.8, 4) is 12.1 Å². The summed E-state index contributed by atoms with van der Waals surface area (Å²) in [5.74, 6) is 0.506. The summed E-state index contributed by atoms with van der Waals surface area (Å²) in [6.07, 6.45) is 0. The van der Waals surface area contributed by atoms with Gasteiger partial charge in [0.25, 0.3) is 5.56 Å². The van der Waals surface area contributed by atoms with Gasteiger partial charge in [0.1, 0.15) is 29.6 Å². The van der Waals surface area contributed by atoms with Gasteiger partial charge < -0.3 is 15.6 Å². The number of hydrogen-bond acceptors (Lipinski definition) is 6. The molecule has 2 aliphatic heterocycles. The molecule has 170 valence electrons. The van der Waals surface area contributed by atoms with Crippen LogP contribution in [0.25, 0.3) is 0 Å². The fourth-order valence-electron chi connectivity index (χ4n) is 4.32. The lowest BCUT2D eigenvalue weighted by atomic mass is 9.80. The molecule has 0 radical (unpaired) electrons. The number of anilines is 2. The van der Waals surface area contributed by atoms with E-state index in [1.807, 2.05) is 72.8 Å². The summed E-state index contributed by atoms with van der Waals surface area (Å²) in [5.41, 5.74) is 2.13. The van der Waals surface area contributed by atoms with Crippen LogP contribution in [0.2, 0.25) is 0 Å². The molecule has 0 bridgehead atoms. The lowest BCUT2D eigenvalue weighted by molar-refractivity contribution is 0.811. The van der Waals surface area contributed by atoms with Crippen molar-refractivity contribution in [1.29, 1.82) is 10.5 Å². The van der Waals surface area contributed by atoms with Crippen LogP contribution >= 0.6 is 23.8 Å². The second kappa shape index (κ2) is 9.07. The summed E-state index contributed by atoms with van der Waals surface area (Å²) < 4.78 is 0. The minimum Gasteiger partial charge on any atom is -0.330 e.